The molecule has 0 aliphatic carbocycles. The lowest BCUT2D eigenvalue weighted by molar-refractivity contribution is -0.384. The third-order valence-electron chi connectivity index (χ3n) is 3.47. The Morgan fingerprint density at radius 2 is 1.78 bits per heavy atom. The van der Waals surface area contributed by atoms with Gasteiger partial charge in [-0.2, -0.15) is 5.10 Å². The van der Waals surface area contributed by atoms with Crippen molar-refractivity contribution in [3.8, 4) is 5.75 Å². The smallest absolute Gasteiger partial charge is 0.269 e. The number of para-hydroxylation sites is 2. The van der Waals surface area contributed by atoms with Gasteiger partial charge in [0.2, 0.25) is 11.8 Å². The van der Waals surface area contributed by atoms with Gasteiger partial charge < -0.3 is 10.1 Å². The van der Waals surface area contributed by atoms with Gasteiger partial charge in [0.15, 0.2) is 0 Å². The maximum atomic E-state index is 11.9. The number of hydrogen-bond acceptors (Lipinski definition) is 6. The Morgan fingerprint density at radius 1 is 1.11 bits per heavy atom. The summed E-state index contributed by atoms with van der Waals surface area (Å²) >= 11 is 0. The van der Waals surface area contributed by atoms with Crippen LogP contribution in [0.1, 0.15) is 18.4 Å². The average Bonchev–Trinajstić information content (AvgIpc) is 2.67. The first-order chi connectivity index (χ1) is 13.0. The molecule has 9 heteroatoms. The topological polar surface area (TPSA) is 123 Å². The van der Waals surface area contributed by atoms with Crippen LogP contribution in [-0.4, -0.2) is 30.1 Å². The number of nitrogens with one attached hydrogen (secondary N) is 2. The van der Waals surface area contributed by atoms with Gasteiger partial charge in [-0.3, -0.25) is 19.7 Å². The summed E-state index contributed by atoms with van der Waals surface area (Å²) < 4.78 is 5.14. The fraction of sp³-hybridized carbons (Fsp3) is 0.167. The largest absolute Gasteiger partial charge is 0.495 e. The van der Waals surface area contributed by atoms with E-state index in [1.165, 1.54) is 37.6 Å². The van der Waals surface area contributed by atoms with E-state index >= 15 is 0 Å². The molecule has 140 valence electrons. The van der Waals surface area contributed by atoms with Gasteiger partial charge in [-0.25, -0.2) is 5.43 Å². The monoisotopic (exact) mass is 370 g/mol. The number of nitrogens with zero attached hydrogens (tertiary/aromatic N) is 2. The molecule has 2 aromatic carbocycles. The summed E-state index contributed by atoms with van der Waals surface area (Å²) in [5.74, 6) is -0.222. The molecule has 0 aliphatic heterocycles. The lowest BCUT2D eigenvalue weighted by Gasteiger charge is -2.09. The SMILES string of the molecule is COc1ccccc1NC(=O)CCC(=O)N/N=C/c1ccc([N+](=O)[O-])cc1. The van der Waals surface area contributed by atoms with Crippen LogP contribution in [0, 0.1) is 10.1 Å². The minimum absolute atomic E-state index is 0.0169. The first kappa shape index (κ1) is 19.6. The van der Waals surface area contributed by atoms with Gasteiger partial charge in [-0.05, 0) is 29.8 Å². The van der Waals surface area contributed by atoms with Gasteiger partial charge >= 0.3 is 0 Å². The summed E-state index contributed by atoms with van der Waals surface area (Å²) in [6.45, 7) is 0. The Hall–Kier alpha value is -3.75. The van der Waals surface area contributed by atoms with Crippen LogP contribution >= 0.6 is 0 Å². The van der Waals surface area contributed by atoms with Gasteiger partial charge in [0.05, 0.1) is 23.9 Å². The van der Waals surface area contributed by atoms with Gasteiger partial charge in [0.25, 0.3) is 5.69 Å². The average molecular weight is 370 g/mol. The molecule has 0 saturated carbocycles. The Bertz CT molecular complexity index is 849. The fourth-order valence-corrected chi connectivity index (χ4v) is 2.10. The van der Waals surface area contributed by atoms with E-state index in [0.29, 0.717) is 17.0 Å². The van der Waals surface area contributed by atoms with Gasteiger partial charge in [-0.1, -0.05) is 12.1 Å². The quantitative estimate of drug-likeness (QED) is 0.420. The minimum atomic E-state index is -0.501. The summed E-state index contributed by atoms with van der Waals surface area (Å²) in [6.07, 6.45) is 1.30. The van der Waals surface area contributed by atoms with Crippen molar-refractivity contribution in [1.82, 2.24) is 5.43 Å². The predicted octanol–water partition coefficient (Wildman–Crippen LogP) is 2.47. The number of methoxy groups -OCH3 is 1. The van der Waals surface area contributed by atoms with Crippen LogP contribution in [0.3, 0.4) is 0 Å². The van der Waals surface area contributed by atoms with E-state index in [1.807, 2.05) is 0 Å². The van der Waals surface area contributed by atoms with E-state index < -0.39 is 10.8 Å². The fourth-order valence-electron chi connectivity index (χ4n) is 2.10. The van der Waals surface area contributed by atoms with E-state index in [-0.39, 0.29) is 24.4 Å². The minimum Gasteiger partial charge on any atom is -0.495 e. The molecule has 0 unspecified atom stereocenters. The van der Waals surface area contributed by atoms with Crippen LogP contribution in [0.15, 0.2) is 53.6 Å². The van der Waals surface area contributed by atoms with Crippen molar-refractivity contribution >= 4 is 29.4 Å². The standard InChI is InChI=1S/C18H18N4O5/c1-27-16-5-3-2-4-15(16)20-17(23)10-11-18(24)21-19-12-13-6-8-14(9-7-13)22(25)26/h2-9,12H,10-11H2,1H3,(H,20,23)(H,21,24)/b19-12+. The second kappa shape index (κ2) is 9.66. The molecule has 0 atom stereocenters. The highest BCUT2D eigenvalue weighted by atomic mass is 16.6. The molecule has 27 heavy (non-hydrogen) atoms. The van der Waals surface area contributed by atoms with Gasteiger partial charge in [-0.15, -0.1) is 0 Å². The number of carbonyl (C=O) groups is 2. The number of non-ortho nitro benzene ring substituents is 1. The normalized spacial score (nSPS) is 10.4. The number of benzene rings is 2. The van der Waals surface area contributed by atoms with Crippen molar-refractivity contribution in [2.24, 2.45) is 5.10 Å². The number of nitro benzene ring substituents is 1. The van der Waals surface area contributed by atoms with E-state index in [9.17, 15) is 19.7 Å². The van der Waals surface area contributed by atoms with Crippen molar-refractivity contribution in [1.29, 1.82) is 0 Å². The number of carbonyl (C=O) groups excluding carboxylic acids is 2. The molecule has 0 spiro atoms. The van der Waals surface area contributed by atoms with E-state index in [1.54, 1.807) is 24.3 Å². The zero-order valence-corrected chi connectivity index (χ0v) is 14.5. The van der Waals surface area contributed by atoms with Crippen LogP contribution in [0.2, 0.25) is 0 Å². The molecule has 9 nitrogen and oxygen atoms in total. The molecule has 2 rings (SSSR count). The Morgan fingerprint density at radius 3 is 2.44 bits per heavy atom. The van der Waals surface area contributed by atoms with Crippen LogP contribution in [0.5, 0.6) is 5.75 Å². The third kappa shape index (κ3) is 6.24. The molecule has 0 bridgehead atoms. The van der Waals surface area contributed by atoms with Crippen LogP contribution in [0.4, 0.5) is 11.4 Å². The van der Waals surface area contributed by atoms with Crippen molar-refractivity contribution < 1.29 is 19.2 Å². The number of anilines is 1. The molecule has 2 aromatic rings. The molecular weight excluding hydrogens is 352 g/mol. The predicted molar refractivity (Wildman–Crippen MR) is 99.7 cm³/mol. The lowest BCUT2D eigenvalue weighted by atomic mass is 10.2. The molecule has 0 aromatic heterocycles. The third-order valence-corrected chi connectivity index (χ3v) is 3.47. The summed E-state index contributed by atoms with van der Waals surface area (Å²) in [6, 6.07) is 12.7. The first-order valence-corrected chi connectivity index (χ1v) is 7.99. The van der Waals surface area contributed by atoms with E-state index in [2.05, 4.69) is 15.8 Å². The molecule has 0 aliphatic rings. The Balaban J connectivity index is 1.77. The number of amides is 2. The van der Waals surface area contributed by atoms with Crippen molar-refractivity contribution in [2.75, 3.05) is 12.4 Å². The molecule has 0 radical (unpaired) electrons. The second-order valence-corrected chi connectivity index (χ2v) is 5.39. The van der Waals surface area contributed by atoms with Crippen molar-refractivity contribution in [3.63, 3.8) is 0 Å². The van der Waals surface area contributed by atoms with E-state index in [4.69, 9.17) is 4.74 Å². The summed E-state index contributed by atoms with van der Waals surface area (Å²) in [7, 11) is 1.50. The van der Waals surface area contributed by atoms with Crippen molar-refractivity contribution in [3.05, 3.63) is 64.2 Å². The summed E-state index contributed by atoms with van der Waals surface area (Å²) in [5, 5.41) is 17.0. The van der Waals surface area contributed by atoms with Crippen LogP contribution < -0.4 is 15.5 Å². The highest BCUT2D eigenvalue weighted by Gasteiger charge is 2.09. The second-order valence-electron chi connectivity index (χ2n) is 5.39. The number of ether oxygens (including phenoxy) is 1. The number of hydrogen-bond donors (Lipinski definition) is 2. The molecule has 0 heterocycles. The Kier molecular flexibility index (Phi) is 7.00. The zero-order chi connectivity index (χ0) is 19.6. The Labute approximate surface area is 155 Å². The number of rotatable bonds is 8. The van der Waals surface area contributed by atoms with E-state index in [0.717, 1.165) is 0 Å². The molecule has 2 amide bonds. The maximum Gasteiger partial charge on any atom is 0.269 e. The lowest BCUT2D eigenvalue weighted by Crippen LogP contribution is -2.20. The van der Waals surface area contributed by atoms with Crippen molar-refractivity contribution in [2.45, 2.75) is 12.8 Å². The van der Waals surface area contributed by atoms with Gasteiger partial charge in [0, 0.05) is 25.0 Å². The molecule has 0 saturated heterocycles. The zero-order valence-electron chi connectivity index (χ0n) is 14.5. The summed E-state index contributed by atoms with van der Waals surface area (Å²) in [4.78, 5) is 33.7. The summed E-state index contributed by atoms with van der Waals surface area (Å²) in [5.41, 5.74) is 3.39. The molecule has 0 fully saturated rings. The van der Waals surface area contributed by atoms with Crippen LogP contribution in [0.25, 0.3) is 0 Å². The van der Waals surface area contributed by atoms with Gasteiger partial charge in [0.1, 0.15) is 5.75 Å². The number of nitro groups is 1. The molecular formula is C18H18N4O5. The van der Waals surface area contributed by atoms with Crippen LogP contribution in [-0.2, 0) is 9.59 Å². The highest BCUT2D eigenvalue weighted by Crippen LogP contribution is 2.23. The number of hydrazone groups is 1. The highest BCUT2D eigenvalue weighted by molar-refractivity contribution is 5.94. The first-order valence-electron chi connectivity index (χ1n) is 7.99. The maximum absolute atomic E-state index is 11.9. The molecule has 2 N–H and O–H groups in total.